The van der Waals surface area contributed by atoms with E-state index in [9.17, 15) is 14.4 Å². The second-order valence-corrected chi connectivity index (χ2v) is 7.10. The van der Waals surface area contributed by atoms with Crippen LogP contribution in [0.4, 0.5) is 11.4 Å². The summed E-state index contributed by atoms with van der Waals surface area (Å²) in [6, 6.07) is 14.3. The number of hydrogen-bond donors (Lipinski definition) is 1. The van der Waals surface area contributed by atoms with Gasteiger partial charge < -0.3 is 10.2 Å². The zero-order chi connectivity index (χ0) is 20.2. The van der Waals surface area contributed by atoms with Gasteiger partial charge in [0.15, 0.2) is 5.78 Å². The van der Waals surface area contributed by atoms with Gasteiger partial charge >= 0.3 is 0 Å². The molecule has 5 nitrogen and oxygen atoms in total. The van der Waals surface area contributed by atoms with Gasteiger partial charge in [-0.05, 0) is 64.4 Å². The minimum absolute atomic E-state index is 0.0851. The molecular weight excluding hydrogens is 340 g/mol. The highest BCUT2D eigenvalue weighted by Crippen LogP contribution is 2.26. The Hall–Kier alpha value is -2.95. The van der Waals surface area contributed by atoms with Crippen molar-refractivity contribution >= 4 is 29.0 Å². The number of Topliss-reactive ketones (excluding diaryl/α,β-unsaturated/α-hetero) is 1. The maximum absolute atomic E-state index is 13.1. The van der Waals surface area contributed by atoms with Gasteiger partial charge in [-0.1, -0.05) is 24.3 Å². The Morgan fingerprint density at radius 2 is 1.70 bits per heavy atom. The number of rotatable bonds is 6. The zero-order valence-electron chi connectivity index (χ0n) is 16.5. The van der Waals surface area contributed by atoms with Gasteiger partial charge in [-0.2, -0.15) is 0 Å². The van der Waals surface area contributed by atoms with Crippen LogP contribution in [0.2, 0.25) is 0 Å². The smallest absolute Gasteiger partial charge is 0.242 e. The van der Waals surface area contributed by atoms with Crippen LogP contribution >= 0.6 is 0 Å². The highest BCUT2D eigenvalue weighted by atomic mass is 16.2. The molecule has 27 heavy (non-hydrogen) atoms. The third-order valence-electron chi connectivity index (χ3n) is 4.50. The Kier molecular flexibility index (Phi) is 6.16. The lowest BCUT2D eigenvalue weighted by molar-refractivity contribution is -0.136. The molecule has 0 spiro atoms. The van der Waals surface area contributed by atoms with E-state index in [4.69, 9.17) is 0 Å². The number of amides is 2. The first kappa shape index (κ1) is 20.4. The van der Waals surface area contributed by atoms with E-state index in [-0.39, 0.29) is 11.7 Å². The topological polar surface area (TPSA) is 66.5 Å². The number of carbonyl (C=O) groups excluding carboxylic acids is 3. The average molecular weight is 366 g/mol. The number of benzene rings is 2. The lowest BCUT2D eigenvalue weighted by Crippen LogP contribution is -2.47. The first-order valence-electron chi connectivity index (χ1n) is 8.98. The average Bonchev–Trinajstić information content (AvgIpc) is 2.62. The number of carbonyl (C=O) groups is 3. The molecule has 0 aliphatic carbocycles. The third kappa shape index (κ3) is 4.61. The van der Waals surface area contributed by atoms with Crippen LogP contribution in [-0.2, 0) is 9.59 Å². The molecule has 142 valence electrons. The summed E-state index contributed by atoms with van der Waals surface area (Å²) in [5.41, 5.74) is 1.54. The number of aryl methyl sites for hydroxylation is 1. The van der Waals surface area contributed by atoms with Crippen molar-refractivity contribution in [3.05, 3.63) is 59.7 Å². The molecule has 0 saturated carbocycles. The molecule has 0 fully saturated rings. The van der Waals surface area contributed by atoms with Gasteiger partial charge in [0.25, 0.3) is 0 Å². The molecule has 1 N–H and O–H groups in total. The van der Waals surface area contributed by atoms with Crippen LogP contribution in [0.5, 0.6) is 0 Å². The molecule has 0 saturated heterocycles. The SMILES string of the molecule is CCN(C(=O)C(C)(C)C(=O)Nc1cccc(C(C)=O)c1)c1cccc(C)c1. The molecule has 0 heterocycles. The van der Waals surface area contributed by atoms with Crippen LogP contribution in [0.15, 0.2) is 48.5 Å². The number of nitrogens with zero attached hydrogens (tertiary/aromatic N) is 1. The fourth-order valence-electron chi connectivity index (χ4n) is 2.78. The van der Waals surface area contributed by atoms with Gasteiger partial charge in [0.2, 0.25) is 11.8 Å². The van der Waals surface area contributed by atoms with Crippen molar-refractivity contribution in [1.29, 1.82) is 0 Å². The summed E-state index contributed by atoms with van der Waals surface area (Å²) in [7, 11) is 0. The van der Waals surface area contributed by atoms with Crippen LogP contribution in [0.25, 0.3) is 0 Å². The first-order valence-corrected chi connectivity index (χ1v) is 8.98. The lowest BCUT2D eigenvalue weighted by atomic mass is 9.89. The molecule has 0 atom stereocenters. The second-order valence-electron chi connectivity index (χ2n) is 7.10. The van der Waals surface area contributed by atoms with Gasteiger partial charge in [0, 0.05) is 23.5 Å². The minimum atomic E-state index is -1.27. The van der Waals surface area contributed by atoms with Crippen molar-refractivity contribution in [1.82, 2.24) is 0 Å². The summed E-state index contributed by atoms with van der Waals surface area (Å²) < 4.78 is 0. The number of hydrogen-bond acceptors (Lipinski definition) is 3. The number of anilines is 2. The van der Waals surface area contributed by atoms with Crippen molar-refractivity contribution in [3.63, 3.8) is 0 Å². The fraction of sp³-hybridized carbons (Fsp3) is 0.318. The zero-order valence-corrected chi connectivity index (χ0v) is 16.5. The molecule has 0 aliphatic heterocycles. The van der Waals surface area contributed by atoms with Crippen LogP contribution in [0, 0.1) is 12.3 Å². The molecule has 5 heteroatoms. The molecule has 0 unspecified atom stereocenters. The summed E-state index contributed by atoms with van der Waals surface area (Å²) in [5.74, 6) is -0.784. The Labute approximate surface area is 160 Å². The monoisotopic (exact) mass is 366 g/mol. The van der Waals surface area contributed by atoms with E-state index >= 15 is 0 Å². The maximum atomic E-state index is 13.1. The van der Waals surface area contributed by atoms with E-state index < -0.39 is 11.3 Å². The third-order valence-corrected chi connectivity index (χ3v) is 4.50. The summed E-state index contributed by atoms with van der Waals surface area (Å²) in [6.07, 6.45) is 0. The van der Waals surface area contributed by atoms with Crippen molar-refractivity contribution < 1.29 is 14.4 Å². The highest BCUT2D eigenvalue weighted by Gasteiger charge is 2.39. The Balaban J connectivity index is 2.24. The molecule has 0 aromatic heterocycles. The molecule has 0 radical (unpaired) electrons. The van der Waals surface area contributed by atoms with E-state index in [2.05, 4.69) is 5.32 Å². The van der Waals surface area contributed by atoms with Gasteiger partial charge in [-0.15, -0.1) is 0 Å². The molecule has 2 amide bonds. The number of nitrogens with one attached hydrogen (secondary N) is 1. The van der Waals surface area contributed by atoms with Crippen LogP contribution in [-0.4, -0.2) is 24.1 Å². The molecule has 2 rings (SSSR count). The Bertz CT molecular complexity index is 871. The predicted molar refractivity (Wildman–Crippen MR) is 108 cm³/mol. The normalized spacial score (nSPS) is 11.0. The summed E-state index contributed by atoms with van der Waals surface area (Å²) in [4.78, 5) is 39.1. The van der Waals surface area contributed by atoms with Crippen molar-refractivity contribution in [3.8, 4) is 0 Å². The molecule has 2 aromatic rings. The summed E-state index contributed by atoms with van der Waals surface area (Å²) >= 11 is 0. The van der Waals surface area contributed by atoms with E-state index in [0.717, 1.165) is 11.3 Å². The van der Waals surface area contributed by atoms with Crippen LogP contribution in [0.1, 0.15) is 43.6 Å². The quantitative estimate of drug-likeness (QED) is 0.615. The molecule has 0 aliphatic rings. The maximum Gasteiger partial charge on any atom is 0.242 e. The Morgan fingerprint density at radius 3 is 2.30 bits per heavy atom. The Morgan fingerprint density at radius 1 is 1.04 bits per heavy atom. The highest BCUT2D eigenvalue weighted by molar-refractivity contribution is 6.15. The van der Waals surface area contributed by atoms with Crippen molar-refractivity contribution in [2.24, 2.45) is 5.41 Å². The largest absolute Gasteiger partial charge is 0.325 e. The van der Waals surface area contributed by atoms with E-state index in [1.807, 2.05) is 38.1 Å². The van der Waals surface area contributed by atoms with Gasteiger partial charge in [0.05, 0.1) is 0 Å². The van der Waals surface area contributed by atoms with Crippen LogP contribution < -0.4 is 10.2 Å². The fourth-order valence-corrected chi connectivity index (χ4v) is 2.78. The molecular formula is C22H26N2O3. The van der Waals surface area contributed by atoms with Gasteiger partial charge in [-0.3, -0.25) is 14.4 Å². The van der Waals surface area contributed by atoms with Crippen molar-refractivity contribution in [2.45, 2.75) is 34.6 Å². The van der Waals surface area contributed by atoms with E-state index in [0.29, 0.717) is 17.8 Å². The standard InChI is InChI=1S/C22H26N2O3/c1-6-24(19-12-7-9-15(2)13-19)21(27)22(4,5)20(26)23-18-11-8-10-17(14-18)16(3)25/h7-14H,6H2,1-5H3,(H,23,26). The van der Waals surface area contributed by atoms with Gasteiger partial charge in [0.1, 0.15) is 5.41 Å². The second kappa shape index (κ2) is 8.16. The van der Waals surface area contributed by atoms with Crippen molar-refractivity contribution in [2.75, 3.05) is 16.8 Å². The van der Waals surface area contributed by atoms with Gasteiger partial charge in [-0.25, -0.2) is 0 Å². The van der Waals surface area contributed by atoms with E-state index in [1.54, 1.807) is 43.0 Å². The summed E-state index contributed by atoms with van der Waals surface area (Å²) in [5, 5.41) is 2.76. The lowest BCUT2D eigenvalue weighted by Gasteiger charge is -2.30. The molecule has 2 aromatic carbocycles. The molecule has 0 bridgehead atoms. The first-order chi connectivity index (χ1) is 12.7. The predicted octanol–water partition coefficient (Wildman–Crippen LogP) is 4.22. The summed E-state index contributed by atoms with van der Waals surface area (Å²) in [6.45, 7) is 8.98. The number of ketones is 1. The van der Waals surface area contributed by atoms with Crippen LogP contribution in [0.3, 0.4) is 0 Å². The minimum Gasteiger partial charge on any atom is -0.325 e. The van der Waals surface area contributed by atoms with E-state index in [1.165, 1.54) is 6.92 Å².